The summed E-state index contributed by atoms with van der Waals surface area (Å²) in [4.78, 5) is 28.2. The van der Waals surface area contributed by atoms with Crippen molar-refractivity contribution in [3.05, 3.63) is 51.1 Å². The van der Waals surface area contributed by atoms with Crippen molar-refractivity contribution in [3.63, 3.8) is 0 Å². The first kappa shape index (κ1) is 23.8. The van der Waals surface area contributed by atoms with Crippen LogP contribution in [0.4, 0.5) is 0 Å². The number of aliphatic carboxylic acids is 1. The maximum absolute atomic E-state index is 12.1. The molecule has 2 aromatic rings. The lowest BCUT2D eigenvalue weighted by Gasteiger charge is -2.21. The summed E-state index contributed by atoms with van der Waals surface area (Å²) in [6.45, 7) is 4.60. The molecule has 0 aliphatic heterocycles. The van der Waals surface area contributed by atoms with Crippen LogP contribution in [0.1, 0.15) is 69.0 Å². The third-order valence-corrected chi connectivity index (χ3v) is 7.05. The Morgan fingerprint density at radius 1 is 1.29 bits per heavy atom. The van der Waals surface area contributed by atoms with E-state index in [1.165, 1.54) is 6.92 Å². The fraction of sp³-hybridized carbons (Fsp3) is 0.542. The third-order valence-electron chi connectivity index (χ3n) is 6.19. The van der Waals surface area contributed by atoms with Gasteiger partial charge in [-0.2, -0.15) is 0 Å². The van der Waals surface area contributed by atoms with Crippen molar-refractivity contribution in [1.29, 1.82) is 0 Å². The topological polar surface area (TPSA) is 81.4 Å². The highest BCUT2D eigenvalue weighted by molar-refractivity contribution is 14.1. The second kappa shape index (κ2) is 11.1. The highest BCUT2D eigenvalue weighted by atomic mass is 127. The number of ether oxygens (including phenoxy) is 1. The van der Waals surface area contributed by atoms with E-state index in [0.29, 0.717) is 5.92 Å². The lowest BCUT2D eigenvalue weighted by atomic mass is 9.84. The lowest BCUT2D eigenvalue weighted by Crippen LogP contribution is -2.21. The zero-order chi connectivity index (χ0) is 22.4. The number of esters is 1. The Morgan fingerprint density at radius 2 is 2.03 bits per heavy atom. The summed E-state index contributed by atoms with van der Waals surface area (Å²) in [5.74, 6) is 0.0457. The first-order valence-electron chi connectivity index (χ1n) is 11.1. The molecule has 1 N–H and O–H groups in total. The summed E-state index contributed by atoms with van der Waals surface area (Å²) in [7, 11) is 0. The van der Waals surface area contributed by atoms with Gasteiger partial charge in [0.1, 0.15) is 16.1 Å². The molecule has 1 aromatic heterocycles. The molecule has 31 heavy (non-hydrogen) atoms. The average Bonchev–Trinajstić information content (AvgIpc) is 3.30. The Hall–Kier alpha value is -1.90. The first-order chi connectivity index (χ1) is 14.9. The zero-order valence-corrected chi connectivity index (χ0v) is 20.4. The van der Waals surface area contributed by atoms with Crippen LogP contribution >= 0.6 is 22.6 Å². The molecule has 7 heteroatoms. The second-order valence-electron chi connectivity index (χ2n) is 8.43. The van der Waals surface area contributed by atoms with Crippen molar-refractivity contribution < 1.29 is 19.4 Å². The SMILES string of the molecule is CCCCc1nc(I)c(COC(C)=O)n1CC1CCC(C(C(=O)O)c2ccccc2)C1. The maximum atomic E-state index is 12.1. The molecule has 0 saturated heterocycles. The van der Waals surface area contributed by atoms with Gasteiger partial charge < -0.3 is 14.4 Å². The van der Waals surface area contributed by atoms with E-state index in [-0.39, 0.29) is 18.5 Å². The molecule has 1 heterocycles. The monoisotopic (exact) mass is 538 g/mol. The highest BCUT2D eigenvalue weighted by Crippen LogP contribution is 2.41. The zero-order valence-electron chi connectivity index (χ0n) is 18.2. The molecule has 168 valence electrons. The van der Waals surface area contributed by atoms with Crippen LogP contribution in [-0.2, 0) is 33.9 Å². The Kier molecular flexibility index (Phi) is 8.51. The number of carbonyl (C=O) groups is 2. The van der Waals surface area contributed by atoms with Crippen molar-refractivity contribution in [1.82, 2.24) is 9.55 Å². The molecule has 0 amide bonds. The van der Waals surface area contributed by atoms with Crippen molar-refractivity contribution in [2.45, 2.75) is 71.4 Å². The molecule has 3 unspecified atom stereocenters. The van der Waals surface area contributed by atoms with Gasteiger partial charge >= 0.3 is 11.9 Å². The van der Waals surface area contributed by atoms with Gasteiger partial charge in [0.15, 0.2) is 0 Å². The smallest absolute Gasteiger partial charge is 0.311 e. The number of carboxylic acid groups (broad SMARTS) is 1. The number of aryl methyl sites for hydroxylation is 1. The molecule has 1 saturated carbocycles. The number of imidazole rings is 1. The molecule has 1 aliphatic carbocycles. The Balaban J connectivity index is 1.77. The van der Waals surface area contributed by atoms with Crippen LogP contribution in [0.15, 0.2) is 30.3 Å². The van der Waals surface area contributed by atoms with Crippen molar-refractivity contribution in [2.75, 3.05) is 0 Å². The van der Waals surface area contributed by atoms with Gasteiger partial charge in [0.05, 0.1) is 11.6 Å². The number of unbranched alkanes of at least 4 members (excludes halogenated alkanes) is 1. The van der Waals surface area contributed by atoms with Gasteiger partial charge in [0.25, 0.3) is 0 Å². The molecule has 1 fully saturated rings. The van der Waals surface area contributed by atoms with Gasteiger partial charge in [-0.15, -0.1) is 0 Å². The van der Waals surface area contributed by atoms with Gasteiger partial charge in [-0.05, 0) is 65.7 Å². The fourth-order valence-corrected chi connectivity index (χ4v) is 5.40. The van der Waals surface area contributed by atoms with Crippen LogP contribution in [0, 0.1) is 15.5 Å². The van der Waals surface area contributed by atoms with Gasteiger partial charge in [-0.25, -0.2) is 4.98 Å². The first-order valence-corrected chi connectivity index (χ1v) is 12.1. The number of carbonyl (C=O) groups excluding carboxylic acids is 1. The van der Waals surface area contributed by atoms with E-state index in [2.05, 4.69) is 34.1 Å². The number of carboxylic acids is 1. The molecular weight excluding hydrogens is 507 g/mol. The fourth-order valence-electron chi connectivity index (χ4n) is 4.67. The Labute approximate surface area is 197 Å². The van der Waals surface area contributed by atoms with Crippen LogP contribution in [0.3, 0.4) is 0 Å². The number of hydrogen-bond donors (Lipinski definition) is 1. The van der Waals surface area contributed by atoms with E-state index in [0.717, 1.165) is 65.9 Å². The van der Waals surface area contributed by atoms with Gasteiger partial charge in [-0.3, -0.25) is 9.59 Å². The Morgan fingerprint density at radius 3 is 2.68 bits per heavy atom. The predicted octanol–water partition coefficient (Wildman–Crippen LogP) is 5.18. The standard InChI is InChI=1S/C24H31IN2O4/c1-3-4-10-21-26-23(25)20(15-31-16(2)28)27(21)14-17-11-12-19(13-17)22(24(29)30)18-8-6-5-7-9-18/h5-9,17,19,22H,3-4,10-15H2,1-2H3,(H,29,30). The minimum atomic E-state index is -0.742. The largest absolute Gasteiger partial charge is 0.481 e. The van der Waals surface area contributed by atoms with Crippen LogP contribution in [0.25, 0.3) is 0 Å². The molecule has 3 rings (SSSR count). The van der Waals surface area contributed by atoms with Crippen molar-refractivity contribution >= 4 is 34.5 Å². The van der Waals surface area contributed by atoms with E-state index in [1.807, 2.05) is 30.3 Å². The number of halogens is 1. The maximum Gasteiger partial charge on any atom is 0.311 e. The van der Waals surface area contributed by atoms with E-state index < -0.39 is 11.9 Å². The van der Waals surface area contributed by atoms with Gasteiger partial charge in [-0.1, -0.05) is 43.7 Å². The Bertz CT molecular complexity index is 896. The summed E-state index contributed by atoms with van der Waals surface area (Å²) in [6.07, 6.45) is 5.82. The van der Waals surface area contributed by atoms with Gasteiger partial charge in [0, 0.05) is 19.9 Å². The normalized spacial score (nSPS) is 19.3. The average molecular weight is 538 g/mol. The number of rotatable bonds is 10. The van der Waals surface area contributed by atoms with Crippen molar-refractivity contribution in [3.8, 4) is 0 Å². The lowest BCUT2D eigenvalue weighted by molar-refractivity contribution is -0.142. The molecule has 0 radical (unpaired) electrons. The van der Waals surface area contributed by atoms with E-state index >= 15 is 0 Å². The van der Waals surface area contributed by atoms with Gasteiger partial charge in [0.2, 0.25) is 0 Å². The molecule has 0 spiro atoms. The van der Waals surface area contributed by atoms with Crippen LogP contribution < -0.4 is 0 Å². The number of hydrogen-bond acceptors (Lipinski definition) is 4. The predicted molar refractivity (Wildman–Crippen MR) is 127 cm³/mol. The van der Waals surface area contributed by atoms with Crippen LogP contribution in [-0.4, -0.2) is 26.6 Å². The minimum Gasteiger partial charge on any atom is -0.481 e. The van der Waals surface area contributed by atoms with E-state index in [9.17, 15) is 14.7 Å². The molecule has 6 nitrogen and oxygen atoms in total. The minimum absolute atomic E-state index is 0.128. The van der Waals surface area contributed by atoms with Crippen LogP contribution in [0.2, 0.25) is 0 Å². The molecule has 1 aliphatic rings. The molecule has 1 aromatic carbocycles. The molecular formula is C24H31IN2O4. The summed E-state index contributed by atoms with van der Waals surface area (Å²) in [5.41, 5.74) is 1.83. The van der Waals surface area contributed by atoms with Crippen molar-refractivity contribution in [2.24, 2.45) is 11.8 Å². The molecule has 0 bridgehead atoms. The second-order valence-corrected chi connectivity index (χ2v) is 9.45. The van der Waals surface area contributed by atoms with Crippen LogP contribution in [0.5, 0.6) is 0 Å². The summed E-state index contributed by atoms with van der Waals surface area (Å²) >= 11 is 2.22. The summed E-state index contributed by atoms with van der Waals surface area (Å²) < 4.78 is 8.41. The van der Waals surface area contributed by atoms with E-state index in [1.54, 1.807) is 0 Å². The third kappa shape index (κ3) is 6.08. The highest BCUT2D eigenvalue weighted by Gasteiger charge is 2.36. The number of aromatic nitrogens is 2. The summed E-state index contributed by atoms with van der Waals surface area (Å²) in [5, 5.41) is 9.91. The summed E-state index contributed by atoms with van der Waals surface area (Å²) in [6, 6.07) is 9.58. The number of benzene rings is 1. The molecule has 3 atom stereocenters. The van der Waals surface area contributed by atoms with E-state index in [4.69, 9.17) is 9.72 Å². The quantitative estimate of drug-likeness (QED) is 0.333. The number of nitrogens with zero attached hydrogens (tertiary/aromatic N) is 2.